The fourth-order valence-electron chi connectivity index (χ4n) is 2.07. The van der Waals surface area contributed by atoms with Gasteiger partial charge in [-0.3, -0.25) is 4.98 Å². The van der Waals surface area contributed by atoms with E-state index in [9.17, 15) is 0 Å². The zero-order valence-corrected chi connectivity index (χ0v) is 8.77. The first kappa shape index (κ1) is 9.30. The Kier molecular flexibility index (Phi) is 2.08. The van der Waals surface area contributed by atoms with E-state index in [-0.39, 0.29) is 0 Å². The van der Waals surface area contributed by atoms with Crippen molar-refractivity contribution >= 4 is 21.9 Å². The maximum atomic E-state index is 5.60. The SMILES string of the molecule is NCCc1nccc2[nH]c3ncccc3c12. The lowest BCUT2D eigenvalue weighted by Crippen LogP contribution is -2.04. The Labute approximate surface area is 92.5 Å². The highest BCUT2D eigenvalue weighted by Gasteiger charge is 2.08. The number of hydrogen-bond acceptors (Lipinski definition) is 3. The summed E-state index contributed by atoms with van der Waals surface area (Å²) in [7, 11) is 0. The number of rotatable bonds is 2. The van der Waals surface area contributed by atoms with Crippen LogP contribution in [0.15, 0.2) is 30.6 Å². The second-order valence-electron chi connectivity index (χ2n) is 3.74. The van der Waals surface area contributed by atoms with Crippen molar-refractivity contribution in [3.05, 3.63) is 36.3 Å². The van der Waals surface area contributed by atoms with Crippen LogP contribution in [0.25, 0.3) is 21.9 Å². The molecule has 0 amide bonds. The Morgan fingerprint density at radius 3 is 3.00 bits per heavy atom. The molecule has 0 saturated carbocycles. The number of nitrogens with two attached hydrogens (primary N) is 1. The van der Waals surface area contributed by atoms with Gasteiger partial charge in [-0.15, -0.1) is 0 Å². The lowest BCUT2D eigenvalue weighted by atomic mass is 10.1. The van der Waals surface area contributed by atoms with E-state index >= 15 is 0 Å². The summed E-state index contributed by atoms with van der Waals surface area (Å²) < 4.78 is 0. The summed E-state index contributed by atoms with van der Waals surface area (Å²) >= 11 is 0. The van der Waals surface area contributed by atoms with E-state index < -0.39 is 0 Å². The second kappa shape index (κ2) is 3.57. The van der Waals surface area contributed by atoms with E-state index in [1.54, 1.807) is 6.20 Å². The largest absolute Gasteiger partial charge is 0.339 e. The minimum absolute atomic E-state index is 0.610. The van der Waals surface area contributed by atoms with Crippen LogP contribution < -0.4 is 5.73 Å². The average molecular weight is 212 g/mol. The van der Waals surface area contributed by atoms with Crippen LogP contribution in [0.1, 0.15) is 5.69 Å². The normalized spacial score (nSPS) is 11.3. The maximum absolute atomic E-state index is 5.60. The highest BCUT2D eigenvalue weighted by atomic mass is 14.9. The summed E-state index contributed by atoms with van der Waals surface area (Å²) in [4.78, 5) is 12.0. The first-order valence-electron chi connectivity index (χ1n) is 5.30. The topological polar surface area (TPSA) is 67.6 Å². The van der Waals surface area contributed by atoms with Crippen LogP contribution in [-0.4, -0.2) is 21.5 Å². The molecule has 0 saturated heterocycles. The summed E-state index contributed by atoms with van der Waals surface area (Å²) in [5.41, 5.74) is 8.62. The zero-order valence-electron chi connectivity index (χ0n) is 8.77. The van der Waals surface area contributed by atoms with E-state index in [0.717, 1.165) is 34.1 Å². The van der Waals surface area contributed by atoms with Gasteiger partial charge in [-0.2, -0.15) is 0 Å². The van der Waals surface area contributed by atoms with Gasteiger partial charge in [0, 0.05) is 29.6 Å². The second-order valence-corrected chi connectivity index (χ2v) is 3.74. The van der Waals surface area contributed by atoms with Crippen molar-refractivity contribution in [2.24, 2.45) is 5.73 Å². The summed E-state index contributed by atoms with van der Waals surface area (Å²) in [6.07, 6.45) is 4.38. The van der Waals surface area contributed by atoms with Gasteiger partial charge in [0.1, 0.15) is 5.65 Å². The van der Waals surface area contributed by atoms with Crippen LogP contribution in [0.2, 0.25) is 0 Å². The number of nitrogens with zero attached hydrogens (tertiary/aromatic N) is 2. The number of aromatic nitrogens is 3. The van der Waals surface area contributed by atoms with Crippen molar-refractivity contribution in [3.8, 4) is 0 Å². The van der Waals surface area contributed by atoms with Gasteiger partial charge in [0.05, 0.1) is 11.2 Å². The quantitative estimate of drug-likeness (QED) is 0.678. The third-order valence-corrected chi connectivity index (χ3v) is 2.74. The van der Waals surface area contributed by atoms with Crippen LogP contribution in [0.3, 0.4) is 0 Å². The molecule has 3 N–H and O–H groups in total. The lowest BCUT2D eigenvalue weighted by Gasteiger charge is -1.99. The molecule has 0 aliphatic heterocycles. The van der Waals surface area contributed by atoms with Crippen LogP contribution in [0, 0.1) is 0 Å². The number of hydrogen-bond donors (Lipinski definition) is 2. The Morgan fingerprint density at radius 1 is 1.19 bits per heavy atom. The summed E-state index contributed by atoms with van der Waals surface area (Å²) in [6.45, 7) is 0.610. The van der Waals surface area contributed by atoms with Gasteiger partial charge in [-0.25, -0.2) is 4.98 Å². The Morgan fingerprint density at radius 2 is 2.12 bits per heavy atom. The van der Waals surface area contributed by atoms with Gasteiger partial charge in [0.25, 0.3) is 0 Å². The molecular weight excluding hydrogens is 200 g/mol. The van der Waals surface area contributed by atoms with Gasteiger partial charge < -0.3 is 10.7 Å². The van der Waals surface area contributed by atoms with Crippen LogP contribution in [0.4, 0.5) is 0 Å². The molecule has 0 bridgehead atoms. The van der Waals surface area contributed by atoms with Gasteiger partial charge in [0.2, 0.25) is 0 Å². The maximum Gasteiger partial charge on any atom is 0.138 e. The van der Waals surface area contributed by atoms with Crippen molar-refractivity contribution in [3.63, 3.8) is 0 Å². The summed E-state index contributed by atoms with van der Waals surface area (Å²) in [5, 5.41) is 2.27. The molecule has 0 fully saturated rings. The third-order valence-electron chi connectivity index (χ3n) is 2.74. The first-order valence-corrected chi connectivity index (χ1v) is 5.30. The van der Waals surface area contributed by atoms with Gasteiger partial charge >= 0.3 is 0 Å². The Balaban J connectivity index is 2.43. The number of H-pyrrole nitrogens is 1. The fourth-order valence-corrected chi connectivity index (χ4v) is 2.07. The molecule has 16 heavy (non-hydrogen) atoms. The summed E-state index contributed by atoms with van der Waals surface area (Å²) in [6, 6.07) is 5.97. The monoisotopic (exact) mass is 212 g/mol. The standard InChI is InChI=1S/C12H12N4/c13-5-3-9-11-8-2-1-6-15-12(8)16-10(11)4-7-14-9/h1-2,4,6-7H,3,5,13H2,(H,15,16). The molecule has 0 radical (unpaired) electrons. The van der Waals surface area contributed by atoms with Crippen LogP contribution in [-0.2, 0) is 6.42 Å². The molecular formula is C12H12N4. The van der Waals surface area contributed by atoms with Crippen molar-refractivity contribution in [2.45, 2.75) is 6.42 Å². The van der Waals surface area contributed by atoms with Gasteiger partial charge in [-0.05, 0) is 24.7 Å². The van der Waals surface area contributed by atoms with Crippen LogP contribution >= 0.6 is 0 Å². The molecule has 0 aliphatic rings. The Bertz CT molecular complexity index is 642. The van der Waals surface area contributed by atoms with E-state index in [2.05, 4.69) is 21.0 Å². The predicted molar refractivity (Wildman–Crippen MR) is 64.2 cm³/mol. The Hall–Kier alpha value is -1.94. The minimum atomic E-state index is 0.610. The van der Waals surface area contributed by atoms with E-state index in [0.29, 0.717) is 6.54 Å². The molecule has 80 valence electrons. The van der Waals surface area contributed by atoms with Crippen molar-refractivity contribution in [1.29, 1.82) is 0 Å². The molecule has 0 aromatic carbocycles. The van der Waals surface area contributed by atoms with Gasteiger partial charge in [0.15, 0.2) is 0 Å². The molecule has 4 nitrogen and oxygen atoms in total. The summed E-state index contributed by atoms with van der Waals surface area (Å²) in [5.74, 6) is 0. The van der Waals surface area contributed by atoms with E-state index in [4.69, 9.17) is 5.73 Å². The highest BCUT2D eigenvalue weighted by Crippen LogP contribution is 2.25. The molecule has 3 aromatic rings. The van der Waals surface area contributed by atoms with E-state index in [1.807, 2.05) is 18.3 Å². The first-order chi connectivity index (χ1) is 7.90. The lowest BCUT2D eigenvalue weighted by molar-refractivity contribution is 0.936. The predicted octanol–water partition coefficient (Wildman–Crippen LogP) is 1.61. The van der Waals surface area contributed by atoms with Crippen molar-refractivity contribution < 1.29 is 0 Å². The fraction of sp³-hybridized carbons (Fsp3) is 0.167. The molecule has 4 heteroatoms. The molecule has 0 atom stereocenters. The third kappa shape index (κ3) is 1.27. The van der Waals surface area contributed by atoms with Gasteiger partial charge in [-0.1, -0.05) is 0 Å². The molecule has 3 rings (SSSR count). The van der Waals surface area contributed by atoms with Crippen molar-refractivity contribution in [1.82, 2.24) is 15.0 Å². The van der Waals surface area contributed by atoms with E-state index in [1.165, 1.54) is 0 Å². The zero-order chi connectivity index (χ0) is 11.0. The minimum Gasteiger partial charge on any atom is -0.339 e. The van der Waals surface area contributed by atoms with Crippen LogP contribution in [0.5, 0.6) is 0 Å². The highest BCUT2D eigenvalue weighted by molar-refractivity contribution is 6.06. The molecule has 0 unspecified atom stereocenters. The van der Waals surface area contributed by atoms with Crippen molar-refractivity contribution in [2.75, 3.05) is 6.54 Å². The number of pyridine rings is 2. The molecule has 0 spiro atoms. The smallest absolute Gasteiger partial charge is 0.138 e. The molecule has 3 aromatic heterocycles. The number of aromatic amines is 1. The molecule has 3 heterocycles. The molecule has 0 aliphatic carbocycles. The number of fused-ring (bicyclic) bond motifs is 3. The number of nitrogens with one attached hydrogen (secondary N) is 1. The average Bonchev–Trinajstić information content (AvgIpc) is 2.68.